The van der Waals surface area contributed by atoms with Gasteiger partial charge in [0.25, 0.3) is 0 Å². The third-order valence-corrected chi connectivity index (χ3v) is 3.00. The van der Waals surface area contributed by atoms with E-state index in [9.17, 15) is 10.1 Å². The number of rotatable bonds is 5. The monoisotopic (exact) mass is 277 g/mol. The van der Waals surface area contributed by atoms with Gasteiger partial charge in [0, 0.05) is 30.9 Å². The van der Waals surface area contributed by atoms with Gasteiger partial charge in [0.1, 0.15) is 5.82 Å². The van der Waals surface area contributed by atoms with Crippen LogP contribution in [0, 0.1) is 17.0 Å². The number of pyridine rings is 1. The van der Waals surface area contributed by atoms with Gasteiger partial charge < -0.3 is 10.7 Å². The molecule has 0 amide bonds. The fourth-order valence-electron chi connectivity index (χ4n) is 1.71. The average Bonchev–Trinajstić information content (AvgIpc) is 2.76. The van der Waals surface area contributed by atoms with Crippen LogP contribution >= 0.6 is 0 Å². The topological polar surface area (TPSA) is 124 Å². The van der Waals surface area contributed by atoms with E-state index in [2.05, 4.69) is 20.8 Å². The molecule has 2 rings (SSSR count). The number of hydrogen-bond donors (Lipinski definition) is 3. The average molecular weight is 277 g/mol. The lowest BCUT2D eigenvalue weighted by Gasteiger charge is -2.07. The normalized spacial score (nSPS) is 10.3. The Balaban J connectivity index is 2.23. The Morgan fingerprint density at radius 3 is 2.80 bits per heavy atom. The van der Waals surface area contributed by atoms with Crippen LogP contribution in [-0.2, 0) is 13.6 Å². The summed E-state index contributed by atoms with van der Waals surface area (Å²) < 4.78 is 1.73. The van der Waals surface area contributed by atoms with E-state index in [-0.39, 0.29) is 11.5 Å². The minimum Gasteiger partial charge on any atom is -0.360 e. The van der Waals surface area contributed by atoms with Crippen LogP contribution in [0.1, 0.15) is 11.3 Å². The summed E-state index contributed by atoms with van der Waals surface area (Å²) in [6.07, 6.45) is 1.71. The van der Waals surface area contributed by atoms with Crippen LogP contribution < -0.4 is 16.6 Å². The number of nitrogen functional groups attached to an aromatic ring is 1. The van der Waals surface area contributed by atoms with E-state index in [0.29, 0.717) is 12.4 Å². The quantitative estimate of drug-likeness (QED) is 0.422. The Hall–Kier alpha value is -2.68. The van der Waals surface area contributed by atoms with Gasteiger partial charge in [-0.2, -0.15) is 5.10 Å². The molecule has 20 heavy (non-hydrogen) atoms. The molecule has 2 aromatic rings. The second-order valence-corrected chi connectivity index (χ2v) is 4.20. The number of anilines is 2. The maximum absolute atomic E-state index is 11.0. The van der Waals surface area contributed by atoms with Crippen molar-refractivity contribution in [1.29, 1.82) is 0 Å². The van der Waals surface area contributed by atoms with Crippen molar-refractivity contribution in [1.82, 2.24) is 14.8 Å². The molecule has 0 aliphatic heterocycles. The molecule has 0 saturated carbocycles. The summed E-state index contributed by atoms with van der Waals surface area (Å²) in [5.74, 6) is 5.77. The highest BCUT2D eigenvalue weighted by atomic mass is 16.6. The Morgan fingerprint density at radius 1 is 1.50 bits per heavy atom. The van der Waals surface area contributed by atoms with Crippen molar-refractivity contribution in [2.75, 3.05) is 10.7 Å². The molecule has 0 aliphatic carbocycles. The summed E-state index contributed by atoms with van der Waals surface area (Å²) in [7, 11) is 1.83. The molecule has 0 unspecified atom stereocenters. The van der Waals surface area contributed by atoms with Crippen molar-refractivity contribution in [3.63, 3.8) is 0 Å². The summed E-state index contributed by atoms with van der Waals surface area (Å²) in [6.45, 7) is 2.31. The number of nitrogens with one attached hydrogen (secondary N) is 2. The molecule has 9 nitrogen and oxygen atoms in total. The highest BCUT2D eigenvalue weighted by molar-refractivity contribution is 5.60. The number of hydrogen-bond acceptors (Lipinski definition) is 7. The van der Waals surface area contributed by atoms with Gasteiger partial charge in [0.15, 0.2) is 0 Å². The van der Waals surface area contributed by atoms with Crippen LogP contribution in [0.3, 0.4) is 0 Å². The Kier molecular flexibility index (Phi) is 3.80. The zero-order valence-corrected chi connectivity index (χ0v) is 11.1. The first-order valence-electron chi connectivity index (χ1n) is 5.86. The van der Waals surface area contributed by atoms with Crippen LogP contribution in [-0.4, -0.2) is 19.7 Å². The van der Waals surface area contributed by atoms with E-state index in [0.717, 1.165) is 11.3 Å². The van der Waals surface area contributed by atoms with E-state index in [4.69, 9.17) is 5.84 Å². The van der Waals surface area contributed by atoms with Crippen LogP contribution in [0.5, 0.6) is 0 Å². The predicted molar refractivity (Wildman–Crippen MR) is 74.0 cm³/mol. The number of nitro groups is 1. The van der Waals surface area contributed by atoms with Crippen molar-refractivity contribution in [3.05, 3.63) is 39.7 Å². The lowest BCUT2D eigenvalue weighted by atomic mass is 10.2. The first-order chi connectivity index (χ1) is 9.52. The van der Waals surface area contributed by atoms with Crippen molar-refractivity contribution in [2.24, 2.45) is 12.9 Å². The first-order valence-corrected chi connectivity index (χ1v) is 5.86. The molecule has 0 bridgehead atoms. The third kappa shape index (κ3) is 2.67. The largest absolute Gasteiger partial charge is 0.360 e. The third-order valence-electron chi connectivity index (χ3n) is 3.00. The lowest BCUT2D eigenvalue weighted by Crippen LogP contribution is -2.11. The maximum Gasteiger partial charge on any atom is 0.311 e. The van der Waals surface area contributed by atoms with Gasteiger partial charge in [0.05, 0.1) is 11.1 Å². The van der Waals surface area contributed by atoms with Gasteiger partial charge in [-0.15, -0.1) is 0 Å². The van der Waals surface area contributed by atoms with E-state index in [1.54, 1.807) is 10.9 Å². The summed E-state index contributed by atoms with van der Waals surface area (Å²) in [6, 6.07) is 2.79. The zero-order valence-electron chi connectivity index (χ0n) is 11.1. The standard InChI is InChI=1S/C11H15N7O2/c1-7-8(6-14-17(7)2)5-13-11-9(18(19)20)3-4-10(15-11)16-12/h3-4,6H,5,12H2,1-2H3,(H2,13,15,16). The number of hydrazine groups is 1. The maximum atomic E-state index is 11.0. The fourth-order valence-corrected chi connectivity index (χ4v) is 1.71. The van der Waals surface area contributed by atoms with E-state index < -0.39 is 4.92 Å². The molecule has 2 aromatic heterocycles. The summed E-state index contributed by atoms with van der Waals surface area (Å²) >= 11 is 0. The molecule has 0 saturated heterocycles. The molecule has 106 valence electrons. The van der Waals surface area contributed by atoms with Gasteiger partial charge in [-0.05, 0) is 13.0 Å². The molecule has 0 spiro atoms. The number of aryl methyl sites for hydroxylation is 1. The van der Waals surface area contributed by atoms with Gasteiger partial charge in [-0.3, -0.25) is 14.8 Å². The highest BCUT2D eigenvalue weighted by Crippen LogP contribution is 2.24. The Morgan fingerprint density at radius 2 is 2.25 bits per heavy atom. The highest BCUT2D eigenvalue weighted by Gasteiger charge is 2.16. The number of nitrogens with two attached hydrogens (primary N) is 1. The van der Waals surface area contributed by atoms with E-state index in [1.165, 1.54) is 12.1 Å². The molecule has 0 aliphatic rings. The molecule has 0 fully saturated rings. The summed E-state index contributed by atoms with van der Waals surface area (Å²) in [4.78, 5) is 14.5. The van der Waals surface area contributed by atoms with Crippen molar-refractivity contribution in [3.8, 4) is 0 Å². The Bertz CT molecular complexity index is 638. The van der Waals surface area contributed by atoms with Gasteiger partial charge in [-0.1, -0.05) is 0 Å². The van der Waals surface area contributed by atoms with Crippen LogP contribution in [0.4, 0.5) is 17.3 Å². The smallest absolute Gasteiger partial charge is 0.311 e. The van der Waals surface area contributed by atoms with Crippen molar-refractivity contribution >= 4 is 17.3 Å². The van der Waals surface area contributed by atoms with Crippen LogP contribution in [0.15, 0.2) is 18.3 Å². The zero-order chi connectivity index (χ0) is 14.7. The fraction of sp³-hybridized carbons (Fsp3) is 0.273. The Labute approximate surface area is 114 Å². The minimum absolute atomic E-state index is 0.106. The number of nitrogens with zero attached hydrogens (tertiary/aromatic N) is 4. The van der Waals surface area contributed by atoms with E-state index in [1.807, 2.05) is 14.0 Å². The lowest BCUT2D eigenvalue weighted by molar-refractivity contribution is -0.384. The second kappa shape index (κ2) is 5.53. The van der Waals surface area contributed by atoms with E-state index >= 15 is 0 Å². The molecule has 0 aromatic carbocycles. The van der Waals surface area contributed by atoms with Gasteiger partial charge >= 0.3 is 5.69 Å². The SMILES string of the molecule is Cc1c(CNc2nc(NN)ccc2[N+](=O)[O-])cnn1C. The van der Waals surface area contributed by atoms with Crippen molar-refractivity contribution in [2.45, 2.75) is 13.5 Å². The predicted octanol–water partition coefficient (Wildman–Crippen LogP) is 0.929. The van der Waals surface area contributed by atoms with Crippen LogP contribution in [0.2, 0.25) is 0 Å². The summed E-state index contributed by atoms with van der Waals surface area (Å²) in [5, 5.41) is 18.0. The molecule has 4 N–H and O–H groups in total. The van der Waals surface area contributed by atoms with Gasteiger partial charge in [0.2, 0.25) is 5.82 Å². The van der Waals surface area contributed by atoms with Crippen LogP contribution in [0.25, 0.3) is 0 Å². The molecule has 9 heteroatoms. The first kappa shape index (κ1) is 13.7. The molecular formula is C11H15N7O2. The van der Waals surface area contributed by atoms with Gasteiger partial charge in [-0.25, -0.2) is 10.8 Å². The minimum atomic E-state index is -0.494. The molecule has 0 radical (unpaired) electrons. The molecular weight excluding hydrogens is 262 g/mol. The van der Waals surface area contributed by atoms with Crippen molar-refractivity contribution < 1.29 is 4.92 Å². The molecule has 0 atom stereocenters. The summed E-state index contributed by atoms with van der Waals surface area (Å²) in [5.41, 5.74) is 4.17. The second-order valence-electron chi connectivity index (χ2n) is 4.20. The molecule has 2 heterocycles. The number of aromatic nitrogens is 3.